The second-order valence-electron chi connectivity index (χ2n) is 6.17. The van der Waals surface area contributed by atoms with Crippen LogP contribution in [0.5, 0.6) is 0 Å². The Morgan fingerprint density at radius 1 is 1.15 bits per heavy atom. The highest BCUT2D eigenvalue weighted by atomic mass is 16.4. The van der Waals surface area contributed by atoms with Gasteiger partial charge in [-0.3, -0.25) is 4.79 Å². The van der Waals surface area contributed by atoms with Crippen LogP contribution in [0.1, 0.15) is 17.6 Å². The number of rotatable bonds is 4. The van der Waals surface area contributed by atoms with E-state index >= 15 is 0 Å². The van der Waals surface area contributed by atoms with Gasteiger partial charge in [0.25, 0.3) is 5.89 Å². The van der Waals surface area contributed by atoms with Gasteiger partial charge in [-0.1, -0.05) is 12.1 Å². The molecule has 3 heterocycles. The monoisotopic (exact) mass is 351 g/mol. The molecule has 0 radical (unpaired) electrons. The van der Waals surface area contributed by atoms with E-state index in [0.717, 1.165) is 31.1 Å². The maximum atomic E-state index is 12.7. The van der Waals surface area contributed by atoms with Crippen molar-refractivity contribution in [3.8, 4) is 0 Å². The Hall–Kier alpha value is -3.09. The summed E-state index contributed by atoms with van der Waals surface area (Å²) in [6.45, 7) is 5.57. The molecule has 1 saturated heterocycles. The Kier molecular flexibility index (Phi) is 4.43. The van der Waals surface area contributed by atoms with Crippen LogP contribution in [0.2, 0.25) is 0 Å². The van der Waals surface area contributed by atoms with Crippen LogP contribution in [0, 0.1) is 0 Å². The minimum atomic E-state index is -0.159. The summed E-state index contributed by atoms with van der Waals surface area (Å²) >= 11 is 0. The van der Waals surface area contributed by atoms with Crippen molar-refractivity contribution in [3.63, 3.8) is 0 Å². The predicted molar refractivity (Wildman–Crippen MR) is 101 cm³/mol. The minimum absolute atomic E-state index is 0.158. The van der Waals surface area contributed by atoms with Gasteiger partial charge in [-0.25, -0.2) is 9.97 Å². The summed E-state index contributed by atoms with van der Waals surface area (Å²) in [5, 5.41) is 3.34. The van der Waals surface area contributed by atoms with E-state index in [4.69, 9.17) is 4.42 Å². The van der Waals surface area contributed by atoms with Crippen LogP contribution in [0.4, 0.5) is 11.5 Å². The first-order chi connectivity index (χ1) is 12.8. The number of pyridine rings is 1. The third kappa shape index (κ3) is 3.08. The number of benzene rings is 1. The van der Waals surface area contributed by atoms with Crippen LogP contribution < -0.4 is 10.2 Å². The molecule has 0 spiro atoms. The van der Waals surface area contributed by atoms with E-state index in [2.05, 4.69) is 27.1 Å². The van der Waals surface area contributed by atoms with Crippen LogP contribution in [0.15, 0.2) is 47.0 Å². The summed E-state index contributed by atoms with van der Waals surface area (Å²) in [5.41, 5.74) is 2.37. The fourth-order valence-electron chi connectivity index (χ4n) is 3.20. The Morgan fingerprint density at radius 2 is 1.96 bits per heavy atom. The Balaban J connectivity index is 1.45. The van der Waals surface area contributed by atoms with Crippen molar-refractivity contribution < 1.29 is 9.21 Å². The van der Waals surface area contributed by atoms with Crippen molar-refractivity contribution >= 4 is 28.5 Å². The van der Waals surface area contributed by atoms with E-state index in [1.165, 1.54) is 0 Å². The van der Waals surface area contributed by atoms with Crippen LogP contribution in [-0.4, -0.2) is 53.5 Å². The molecular formula is C19H21N5O2. The lowest BCUT2D eigenvalue weighted by Crippen LogP contribution is -2.49. The predicted octanol–water partition coefficient (Wildman–Crippen LogP) is 2.62. The lowest BCUT2D eigenvalue weighted by atomic mass is 10.2. The van der Waals surface area contributed by atoms with Crippen LogP contribution in [0.3, 0.4) is 0 Å². The quantitative estimate of drug-likeness (QED) is 0.779. The number of anilines is 2. The largest absolute Gasteiger partial charge is 0.432 e. The number of nitrogens with zero attached hydrogens (tertiary/aromatic N) is 4. The topological polar surface area (TPSA) is 74.5 Å². The normalized spacial score (nSPS) is 14.7. The van der Waals surface area contributed by atoms with Crippen molar-refractivity contribution in [2.75, 3.05) is 42.9 Å². The van der Waals surface area contributed by atoms with Crippen LogP contribution >= 0.6 is 0 Å². The fraction of sp³-hybridized carbons (Fsp3) is 0.316. The number of oxazole rings is 1. The molecule has 1 fully saturated rings. The zero-order chi connectivity index (χ0) is 17.9. The van der Waals surface area contributed by atoms with Gasteiger partial charge in [0, 0.05) is 38.9 Å². The highest BCUT2D eigenvalue weighted by Gasteiger charge is 2.27. The van der Waals surface area contributed by atoms with Crippen molar-refractivity contribution in [2.45, 2.75) is 6.92 Å². The summed E-state index contributed by atoms with van der Waals surface area (Å²) in [6, 6.07) is 11.4. The number of amides is 1. The smallest absolute Gasteiger partial charge is 0.309 e. The number of fused-ring (bicyclic) bond motifs is 1. The maximum absolute atomic E-state index is 12.7. The number of para-hydroxylation sites is 2. The van der Waals surface area contributed by atoms with E-state index in [-0.39, 0.29) is 11.8 Å². The van der Waals surface area contributed by atoms with E-state index in [9.17, 15) is 4.79 Å². The first kappa shape index (κ1) is 16.4. The molecule has 1 aromatic carbocycles. The summed E-state index contributed by atoms with van der Waals surface area (Å²) in [5.74, 6) is 0.933. The SMILES string of the molecule is CCNc1cccnc1N1CCN(C(=O)c2nc3ccccc3o2)CC1. The van der Waals surface area contributed by atoms with E-state index in [0.29, 0.717) is 24.2 Å². The van der Waals surface area contributed by atoms with E-state index < -0.39 is 0 Å². The van der Waals surface area contributed by atoms with Gasteiger partial charge < -0.3 is 19.5 Å². The molecule has 134 valence electrons. The molecule has 7 heteroatoms. The number of carbonyl (C=O) groups is 1. The summed E-state index contributed by atoms with van der Waals surface area (Å²) < 4.78 is 5.61. The number of hydrogen-bond acceptors (Lipinski definition) is 6. The molecule has 1 aliphatic heterocycles. The maximum Gasteiger partial charge on any atom is 0.309 e. The fourth-order valence-corrected chi connectivity index (χ4v) is 3.20. The molecule has 4 rings (SSSR count). The average molecular weight is 351 g/mol. The molecule has 1 N–H and O–H groups in total. The molecule has 0 unspecified atom stereocenters. The van der Waals surface area contributed by atoms with Crippen LogP contribution in [0.25, 0.3) is 11.1 Å². The summed E-state index contributed by atoms with van der Waals surface area (Å²) in [4.78, 5) is 25.5. The zero-order valence-corrected chi connectivity index (χ0v) is 14.7. The van der Waals surface area contributed by atoms with Gasteiger partial charge in [0.1, 0.15) is 5.52 Å². The average Bonchev–Trinajstić information content (AvgIpc) is 3.12. The Morgan fingerprint density at radius 3 is 2.73 bits per heavy atom. The number of aromatic nitrogens is 2. The molecule has 0 atom stereocenters. The van der Waals surface area contributed by atoms with E-state index in [1.54, 1.807) is 11.1 Å². The third-order valence-corrected chi connectivity index (χ3v) is 4.50. The number of hydrogen-bond donors (Lipinski definition) is 1. The highest BCUT2D eigenvalue weighted by molar-refractivity contribution is 5.92. The van der Waals surface area contributed by atoms with Crippen LogP contribution in [-0.2, 0) is 0 Å². The zero-order valence-electron chi connectivity index (χ0n) is 14.7. The lowest BCUT2D eigenvalue weighted by Gasteiger charge is -2.35. The summed E-state index contributed by atoms with van der Waals surface area (Å²) in [7, 11) is 0. The molecule has 1 amide bonds. The first-order valence-electron chi connectivity index (χ1n) is 8.85. The molecule has 0 saturated carbocycles. The van der Waals surface area contributed by atoms with Gasteiger partial charge >= 0.3 is 5.91 Å². The molecule has 7 nitrogen and oxygen atoms in total. The first-order valence-corrected chi connectivity index (χ1v) is 8.85. The van der Waals surface area contributed by atoms with Gasteiger partial charge in [-0.15, -0.1) is 0 Å². The van der Waals surface area contributed by atoms with Gasteiger partial charge in [0.05, 0.1) is 5.69 Å². The second kappa shape index (κ2) is 7.03. The number of carbonyl (C=O) groups excluding carboxylic acids is 1. The molecule has 0 aliphatic carbocycles. The van der Waals surface area contributed by atoms with Gasteiger partial charge in [0.2, 0.25) is 0 Å². The highest BCUT2D eigenvalue weighted by Crippen LogP contribution is 2.24. The summed E-state index contributed by atoms with van der Waals surface area (Å²) in [6.07, 6.45) is 1.80. The number of piperazine rings is 1. The van der Waals surface area contributed by atoms with Crippen molar-refractivity contribution in [3.05, 3.63) is 48.5 Å². The minimum Gasteiger partial charge on any atom is -0.432 e. The third-order valence-electron chi connectivity index (χ3n) is 4.50. The molecule has 0 bridgehead atoms. The second-order valence-corrected chi connectivity index (χ2v) is 6.17. The molecule has 2 aromatic heterocycles. The Bertz CT molecular complexity index is 882. The Labute approximate surface area is 151 Å². The number of nitrogens with one attached hydrogen (secondary N) is 1. The van der Waals surface area contributed by atoms with E-state index in [1.807, 2.05) is 36.4 Å². The van der Waals surface area contributed by atoms with Gasteiger partial charge in [-0.2, -0.15) is 0 Å². The van der Waals surface area contributed by atoms with Crippen molar-refractivity contribution in [1.82, 2.24) is 14.9 Å². The molecule has 26 heavy (non-hydrogen) atoms. The standard InChI is InChI=1S/C19H21N5O2/c1-2-20-15-7-5-9-21-17(15)23-10-12-24(13-11-23)19(25)18-22-14-6-3-4-8-16(14)26-18/h3-9,20H,2,10-13H2,1H3. The molecular weight excluding hydrogens is 330 g/mol. The van der Waals surface area contributed by atoms with Gasteiger partial charge in [0.15, 0.2) is 11.4 Å². The van der Waals surface area contributed by atoms with Gasteiger partial charge in [-0.05, 0) is 31.2 Å². The lowest BCUT2D eigenvalue weighted by molar-refractivity contribution is 0.0709. The van der Waals surface area contributed by atoms with Crippen molar-refractivity contribution in [1.29, 1.82) is 0 Å². The molecule has 1 aliphatic rings. The molecule has 3 aromatic rings. The van der Waals surface area contributed by atoms with Crippen molar-refractivity contribution in [2.24, 2.45) is 0 Å².